The van der Waals surface area contributed by atoms with E-state index in [0.29, 0.717) is 29.9 Å². The van der Waals surface area contributed by atoms with Crippen molar-refractivity contribution >= 4 is 11.8 Å². The summed E-state index contributed by atoms with van der Waals surface area (Å²) in [5.41, 5.74) is 1.94. The topological polar surface area (TPSA) is 56.4 Å². The first-order chi connectivity index (χ1) is 13.7. The first kappa shape index (κ1) is 17.5. The Morgan fingerprint density at radius 2 is 1.89 bits per heavy atom. The Morgan fingerprint density at radius 1 is 1.07 bits per heavy atom. The number of hydrogen-bond acceptors (Lipinski definition) is 2. The Balaban J connectivity index is 1.45. The van der Waals surface area contributed by atoms with Crippen molar-refractivity contribution in [1.82, 2.24) is 14.8 Å². The number of benzene rings is 1. The quantitative estimate of drug-likeness (QED) is 0.894. The molecular weight excluding hydrogens is 350 g/mol. The fraction of sp³-hybridized carbons (Fsp3) is 0.478. The van der Waals surface area contributed by atoms with Gasteiger partial charge in [0.1, 0.15) is 5.69 Å². The number of nitrogens with one attached hydrogen (secondary N) is 1. The van der Waals surface area contributed by atoms with Crippen molar-refractivity contribution in [3.63, 3.8) is 0 Å². The lowest BCUT2D eigenvalue weighted by Gasteiger charge is -2.56. The smallest absolute Gasteiger partial charge is 0.270 e. The summed E-state index contributed by atoms with van der Waals surface area (Å²) in [5, 5.41) is 0. The number of likely N-dealkylation sites (tertiary alicyclic amines) is 1. The van der Waals surface area contributed by atoms with Crippen LogP contribution in [0.5, 0.6) is 0 Å². The largest absolute Gasteiger partial charge is 0.357 e. The fourth-order valence-corrected chi connectivity index (χ4v) is 5.69. The molecule has 3 fully saturated rings. The summed E-state index contributed by atoms with van der Waals surface area (Å²) < 4.78 is 0. The van der Waals surface area contributed by atoms with Crippen LogP contribution >= 0.6 is 0 Å². The van der Waals surface area contributed by atoms with Gasteiger partial charge in [0.05, 0.1) is 0 Å². The lowest BCUT2D eigenvalue weighted by molar-refractivity contribution is -0.151. The predicted molar refractivity (Wildman–Crippen MR) is 107 cm³/mol. The SMILES string of the molecule is O=C(c1ccc[nH]1)N1C[C@H]2C[C@@H](C1)[C@H](Cc1ccccc1)N1C(=O)CCC[C@@H]21. The molecule has 3 aliphatic rings. The van der Waals surface area contributed by atoms with E-state index in [0.717, 1.165) is 38.8 Å². The molecule has 2 aromatic rings. The van der Waals surface area contributed by atoms with E-state index in [9.17, 15) is 9.59 Å². The average Bonchev–Trinajstić information content (AvgIpc) is 3.26. The van der Waals surface area contributed by atoms with E-state index in [1.54, 1.807) is 6.20 Å². The summed E-state index contributed by atoms with van der Waals surface area (Å²) in [4.78, 5) is 33.2. The molecule has 2 bridgehead atoms. The number of aromatic amines is 1. The van der Waals surface area contributed by atoms with Crippen molar-refractivity contribution in [3.8, 4) is 0 Å². The van der Waals surface area contributed by atoms with Crippen LogP contribution in [0, 0.1) is 11.8 Å². The van der Waals surface area contributed by atoms with Gasteiger partial charge in [-0.1, -0.05) is 30.3 Å². The van der Waals surface area contributed by atoms with Gasteiger partial charge >= 0.3 is 0 Å². The number of amides is 2. The van der Waals surface area contributed by atoms with Crippen LogP contribution in [-0.2, 0) is 11.2 Å². The molecule has 4 atom stereocenters. The van der Waals surface area contributed by atoms with Gasteiger partial charge < -0.3 is 14.8 Å². The summed E-state index contributed by atoms with van der Waals surface area (Å²) in [6, 6.07) is 14.7. The van der Waals surface area contributed by atoms with Crippen molar-refractivity contribution in [3.05, 3.63) is 59.9 Å². The zero-order valence-corrected chi connectivity index (χ0v) is 16.1. The predicted octanol–water partition coefficient (Wildman–Crippen LogP) is 3.10. The summed E-state index contributed by atoms with van der Waals surface area (Å²) >= 11 is 0. The van der Waals surface area contributed by atoms with Gasteiger partial charge in [-0.25, -0.2) is 0 Å². The zero-order chi connectivity index (χ0) is 19.1. The van der Waals surface area contributed by atoms with E-state index >= 15 is 0 Å². The fourth-order valence-electron chi connectivity index (χ4n) is 5.69. The molecule has 0 unspecified atom stereocenters. The lowest BCUT2D eigenvalue weighted by Crippen LogP contribution is -2.66. The van der Waals surface area contributed by atoms with Gasteiger partial charge in [-0.2, -0.15) is 0 Å². The monoisotopic (exact) mass is 377 g/mol. The van der Waals surface area contributed by atoms with E-state index in [1.807, 2.05) is 23.1 Å². The molecular formula is C23H27N3O2. The molecule has 146 valence electrons. The second kappa shape index (κ2) is 7.12. The Labute approximate surface area is 165 Å². The zero-order valence-electron chi connectivity index (χ0n) is 16.1. The van der Waals surface area contributed by atoms with Crippen LogP contribution in [-0.4, -0.2) is 51.8 Å². The van der Waals surface area contributed by atoms with Gasteiger partial charge in [0.15, 0.2) is 0 Å². The van der Waals surface area contributed by atoms with E-state index in [-0.39, 0.29) is 18.0 Å². The summed E-state index contributed by atoms with van der Waals surface area (Å²) in [6.07, 6.45) is 6.53. The molecule has 1 N–H and O–H groups in total. The molecule has 0 spiro atoms. The molecule has 1 aromatic carbocycles. The first-order valence-corrected chi connectivity index (χ1v) is 10.5. The van der Waals surface area contributed by atoms with Crippen LogP contribution in [0.25, 0.3) is 0 Å². The number of carbonyl (C=O) groups is 2. The molecule has 3 aliphatic heterocycles. The average molecular weight is 377 g/mol. The molecule has 4 heterocycles. The highest BCUT2D eigenvalue weighted by Gasteiger charge is 2.49. The lowest BCUT2D eigenvalue weighted by atomic mass is 9.70. The molecule has 5 nitrogen and oxygen atoms in total. The maximum absolute atomic E-state index is 13.0. The summed E-state index contributed by atoms with van der Waals surface area (Å²) in [5.74, 6) is 1.15. The number of aromatic nitrogens is 1. The Morgan fingerprint density at radius 3 is 2.68 bits per heavy atom. The molecule has 2 amide bonds. The van der Waals surface area contributed by atoms with Crippen LogP contribution < -0.4 is 0 Å². The van der Waals surface area contributed by atoms with Gasteiger partial charge in [-0.15, -0.1) is 0 Å². The van der Waals surface area contributed by atoms with E-state index < -0.39 is 0 Å². The number of hydrogen-bond donors (Lipinski definition) is 1. The third kappa shape index (κ3) is 3.03. The number of rotatable bonds is 3. The molecule has 0 radical (unpaired) electrons. The van der Waals surface area contributed by atoms with Crippen molar-refractivity contribution < 1.29 is 9.59 Å². The minimum Gasteiger partial charge on any atom is -0.357 e. The normalized spacial score (nSPS) is 29.5. The van der Waals surface area contributed by atoms with Gasteiger partial charge in [0, 0.05) is 37.8 Å². The number of fused-ring (bicyclic) bond motifs is 4. The summed E-state index contributed by atoms with van der Waals surface area (Å²) in [7, 11) is 0. The maximum Gasteiger partial charge on any atom is 0.270 e. The number of nitrogens with zero attached hydrogens (tertiary/aromatic N) is 2. The van der Waals surface area contributed by atoms with Gasteiger partial charge in [-0.3, -0.25) is 9.59 Å². The van der Waals surface area contributed by atoms with E-state index in [2.05, 4.69) is 34.1 Å². The minimum absolute atomic E-state index is 0.0914. The highest BCUT2D eigenvalue weighted by Crippen LogP contribution is 2.42. The van der Waals surface area contributed by atoms with Crippen molar-refractivity contribution in [2.24, 2.45) is 11.8 Å². The molecule has 1 aromatic heterocycles. The van der Waals surface area contributed by atoms with Gasteiger partial charge in [-0.05, 0) is 55.2 Å². The third-order valence-electron chi connectivity index (χ3n) is 6.90. The third-order valence-corrected chi connectivity index (χ3v) is 6.90. The van der Waals surface area contributed by atoms with Crippen LogP contribution in [0.15, 0.2) is 48.7 Å². The van der Waals surface area contributed by atoms with Crippen molar-refractivity contribution in [2.45, 2.75) is 44.2 Å². The minimum atomic E-state index is 0.0914. The van der Waals surface area contributed by atoms with Crippen LogP contribution in [0.2, 0.25) is 0 Å². The molecule has 3 saturated heterocycles. The Hall–Kier alpha value is -2.56. The number of piperidine rings is 3. The van der Waals surface area contributed by atoms with Crippen molar-refractivity contribution in [2.75, 3.05) is 13.1 Å². The molecule has 5 heteroatoms. The van der Waals surface area contributed by atoms with Crippen molar-refractivity contribution in [1.29, 1.82) is 0 Å². The number of carbonyl (C=O) groups excluding carboxylic acids is 2. The molecule has 28 heavy (non-hydrogen) atoms. The first-order valence-electron chi connectivity index (χ1n) is 10.5. The Kier molecular flexibility index (Phi) is 4.46. The Bertz CT molecular complexity index is 848. The molecule has 5 rings (SSSR count). The maximum atomic E-state index is 13.0. The highest BCUT2D eigenvalue weighted by atomic mass is 16.2. The summed E-state index contributed by atoms with van der Waals surface area (Å²) in [6.45, 7) is 1.50. The van der Waals surface area contributed by atoms with Gasteiger partial charge in [0.25, 0.3) is 5.91 Å². The molecule has 0 aliphatic carbocycles. The second-order valence-corrected chi connectivity index (χ2v) is 8.57. The second-order valence-electron chi connectivity index (χ2n) is 8.57. The van der Waals surface area contributed by atoms with Crippen LogP contribution in [0.4, 0.5) is 0 Å². The van der Waals surface area contributed by atoms with Crippen LogP contribution in [0.1, 0.15) is 41.7 Å². The number of H-pyrrole nitrogens is 1. The highest BCUT2D eigenvalue weighted by molar-refractivity contribution is 5.92. The van der Waals surface area contributed by atoms with E-state index in [4.69, 9.17) is 0 Å². The molecule has 0 saturated carbocycles. The van der Waals surface area contributed by atoms with E-state index in [1.165, 1.54) is 5.56 Å². The van der Waals surface area contributed by atoms with Gasteiger partial charge in [0.2, 0.25) is 5.91 Å². The standard InChI is InChI=1S/C23H27N3O2/c27-22-10-4-9-20-17-13-18(15-25(14-17)23(28)19-8-5-11-24-19)21(26(20)22)12-16-6-2-1-3-7-16/h1-3,5-8,11,17-18,20-21,24H,4,9-10,12-15H2/t17-,18+,20+,21+/m1/s1. The van der Waals surface area contributed by atoms with Crippen LogP contribution in [0.3, 0.4) is 0 Å².